The largest absolute Gasteiger partial charge is 0.451 e. The number of hydrogen-bond acceptors (Lipinski definition) is 5. The van der Waals surface area contributed by atoms with Crippen LogP contribution in [0.2, 0.25) is 0 Å². The number of amides is 1. The van der Waals surface area contributed by atoms with E-state index in [9.17, 15) is 9.59 Å². The molecule has 4 rings (SSSR count). The highest BCUT2D eigenvalue weighted by atomic mass is 16.3. The minimum atomic E-state index is -0.378. The number of furan rings is 1. The first-order chi connectivity index (χ1) is 14.5. The summed E-state index contributed by atoms with van der Waals surface area (Å²) in [6, 6.07) is 15.6. The van der Waals surface area contributed by atoms with Crippen LogP contribution in [-0.4, -0.2) is 26.5 Å². The third-order valence-electron chi connectivity index (χ3n) is 5.01. The molecule has 152 valence electrons. The van der Waals surface area contributed by atoms with Gasteiger partial charge in [0.2, 0.25) is 5.95 Å². The van der Waals surface area contributed by atoms with E-state index in [0.29, 0.717) is 30.9 Å². The van der Waals surface area contributed by atoms with Crippen molar-refractivity contribution in [2.45, 2.75) is 33.2 Å². The standard InChI is InChI=1S/C23H22N4O3/c1-15(28)8-9-17-10-11-20-19(12-17)16(2)21(30-20)22(29)25-23-26-24-14-27(23)13-18-6-4-3-5-7-18/h3-7,10-12,14H,8-9,13H2,1-2H3,(H,25,26,29). The monoisotopic (exact) mass is 402 g/mol. The number of aryl methyl sites for hydroxylation is 2. The van der Waals surface area contributed by atoms with Crippen molar-refractivity contribution in [3.63, 3.8) is 0 Å². The molecule has 30 heavy (non-hydrogen) atoms. The smallest absolute Gasteiger partial charge is 0.294 e. The molecule has 2 heterocycles. The molecule has 0 saturated carbocycles. The number of Topliss-reactive ketones (excluding diaryl/α,β-unsaturated/α-hetero) is 1. The summed E-state index contributed by atoms with van der Waals surface area (Å²) in [7, 11) is 0. The average Bonchev–Trinajstić information content (AvgIpc) is 3.31. The van der Waals surface area contributed by atoms with Crippen molar-refractivity contribution in [2.75, 3.05) is 5.32 Å². The Labute approximate surface area is 173 Å². The molecule has 0 spiro atoms. The van der Waals surface area contributed by atoms with Gasteiger partial charge in [0.25, 0.3) is 5.91 Å². The molecule has 1 N–H and O–H groups in total. The molecule has 0 unspecified atom stereocenters. The molecular weight excluding hydrogens is 380 g/mol. The summed E-state index contributed by atoms with van der Waals surface area (Å²) >= 11 is 0. The van der Waals surface area contributed by atoms with E-state index < -0.39 is 0 Å². The molecule has 0 atom stereocenters. The Balaban J connectivity index is 1.55. The van der Waals surface area contributed by atoms with Gasteiger partial charge in [0.1, 0.15) is 17.7 Å². The van der Waals surface area contributed by atoms with Gasteiger partial charge in [-0.05, 0) is 43.5 Å². The predicted molar refractivity (Wildman–Crippen MR) is 113 cm³/mol. The maximum Gasteiger partial charge on any atom is 0.294 e. The summed E-state index contributed by atoms with van der Waals surface area (Å²) in [5.41, 5.74) is 3.50. The Hall–Kier alpha value is -3.74. The maximum atomic E-state index is 12.9. The summed E-state index contributed by atoms with van der Waals surface area (Å²) in [6.07, 6.45) is 2.74. The number of nitrogens with one attached hydrogen (secondary N) is 1. The number of hydrogen-bond donors (Lipinski definition) is 1. The van der Waals surface area contributed by atoms with Crippen LogP contribution in [0.4, 0.5) is 5.95 Å². The van der Waals surface area contributed by atoms with Crippen LogP contribution < -0.4 is 5.32 Å². The van der Waals surface area contributed by atoms with Crippen LogP contribution in [0.15, 0.2) is 59.3 Å². The molecule has 0 aliphatic heterocycles. The van der Waals surface area contributed by atoms with E-state index in [2.05, 4.69) is 15.5 Å². The van der Waals surface area contributed by atoms with Crippen LogP contribution in [-0.2, 0) is 17.8 Å². The molecule has 7 nitrogen and oxygen atoms in total. The van der Waals surface area contributed by atoms with Crippen molar-refractivity contribution in [2.24, 2.45) is 0 Å². The zero-order chi connectivity index (χ0) is 21.1. The van der Waals surface area contributed by atoms with Gasteiger partial charge < -0.3 is 9.21 Å². The van der Waals surface area contributed by atoms with Crippen molar-refractivity contribution >= 4 is 28.6 Å². The van der Waals surface area contributed by atoms with E-state index in [1.165, 1.54) is 0 Å². The lowest BCUT2D eigenvalue weighted by molar-refractivity contribution is -0.116. The highest BCUT2D eigenvalue weighted by Gasteiger charge is 2.20. The Morgan fingerprint density at radius 3 is 2.67 bits per heavy atom. The van der Waals surface area contributed by atoms with Crippen molar-refractivity contribution in [1.82, 2.24) is 14.8 Å². The fourth-order valence-electron chi connectivity index (χ4n) is 3.37. The summed E-state index contributed by atoms with van der Waals surface area (Å²) < 4.78 is 7.58. The Morgan fingerprint density at radius 2 is 1.90 bits per heavy atom. The van der Waals surface area contributed by atoms with E-state index in [1.54, 1.807) is 17.8 Å². The van der Waals surface area contributed by atoms with Gasteiger partial charge >= 0.3 is 0 Å². The molecule has 4 aromatic rings. The van der Waals surface area contributed by atoms with Gasteiger partial charge in [0.05, 0.1) is 6.54 Å². The number of nitrogens with zero attached hydrogens (tertiary/aromatic N) is 3. The molecule has 0 bridgehead atoms. The molecule has 0 fully saturated rings. The van der Waals surface area contributed by atoms with E-state index in [-0.39, 0.29) is 17.5 Å². The lowest BCUT2D eigenvalue weighted by Crippen LogP contribution is -2.16. The minimum Gasteiger partial charge on any atom is -0.451 e. The van der Waals surface area contributed by atoms with Gasteiger partial charge in [-0.15, -0.1) is 10.2 Å². The number of benzene rings is 2. The van der Waals surface area contributed by atoms with E-state index in [1.807, 2.05) is 55.5 Å². The van der Waals surface area contributed by atoms with Crippen molar-refractivity contribution in [1.29, 1.82) is 0 Å². The summed E-state index contributed by atoms with van der Waals surface area (Å²) in [4.78, 5) is 24.1. The molecule has 0 aliphatic rings. The van der Waals surface area contributed by atoms with Crippen LogP contribution in [0.25, 0.3) is 11.0 Å². The molecular formula is C23H22N4O3. The van der Waals surface area contributed by atoms with Gasteiger partial charge in [0, 0.05) is 17.4 Å². The Bertz CT molecular complexity index is 1210. The number of anilines is 1. The number of ketones is 1. The lowest BCUT2D eigenvalue weighted by atomic mass is 10.0. The SMILES string of the molecule is CC(=O)CCc1ccc2oc(C(=O)Nc3nncn3Cc3ccccc3)c(C)c2c1. The molecule has 1 amide bonds. The first kappa shape index (κ1) is 19.6. The fraction of sp³-hybridized carbons (Fsp3) is 0.217. The second-order valence-electron chi connectivity index (χ2n) is 7.31. The third-order valence-corrected chi connectivity index (χ3v) is 5.01. The number of aromatic nitrogens is 3. The first-order valence-corrected chi connectivity index (χ1v) is 9.76. The van der Waals surface area contributed by atoms with Gasteiger partial charge in [0.15, 0.2) is 5.76 Å². The highest BCUT2D eigenvalue weighted by molar-refractivity contribution is 6.05. The molecule has 0 radical (unpaired) electrons. The molecule has 7 heteroatoms. The maximum absolute atomic E-state index is 12.9. The van der Waals surface area contributed by atoms with E-state index in [0.717, 1.165) is 22.1 Å². The van der Waals surface area contributed by atoms with Crippen molar-refractivity contribution in [3.8, 4) is 0 Å². The van der Waals surface area contributed by atoms with Crippen molar-refractivity contribution < 1.29 is 14.0 Å². The summed E-state index contributed by atoms with van der Waals surface area (Å²) in [5, 5.41) is 11.6. The zero-order valence-electron chi connectivity index (χ0n) is 16.9. The van der Waals surface area contributed by atoms with E-state index in [4.69, 9.17) is 4.42 Å². The number of fused-ring (bicyclic) bond motifs is 1. The second-order valence-corrected chi connectivity index (χ2v) is 7.31. The van der Waals surface area contributed by atoms with Gasteiger partial charge in [-0.1, -0.05) is 36.4 Å². The first-order valence-electron chi connectivity index (χ1n) is 9.76. The molecule has 2 aromatic heterocycles. The van der Waals surface area contributed by atoms with Gasteiger partial charge in [-0.3, -0.25) is 14.7 Å². The molecule has 2 aromatic carbocycles. The van der Waals surface area contributed by atoms with Gasteiger partial charge in [-0.2, -0.15) is 0 Å². The average molecular weight is 402 g/mol. The fourth-order valence-corrected chi connectivity index (χ4v) is 3.37. The van der Waals surface area contributed by atoms with E-state index >= 15 is 0 Å². The van der Waals surface area contributed by atoms with Crippen LogP contribution in [0, 0.1) is 6.92 Å². The van der Waals surface area contributed by atoms with Crippen LogP contribution in [0.5, 0.6) is 0 Å². The number of carbonyl (C=O) groups is 2. The number of rotatable bonds is 7. The van der Waals surface area contributed by atoms with Crippen LogP contribution in [0.3, 0.4) is 0 Å². The second kappa shape index (κ2) is 8.32. The molecule has 0 saturated heterocycles. The number of carbonyl (C=O) groups excluding carboxylic acids is 2. The van der Waals surface area contributed by atoms with Crippen LogP contribution in [0.1, 0.15) is 40.6 Å². The molecule has 0 aliphatic carbocycles. The normalized spacial score (nSPS) is 11.0. The van der Waals surface area contributed by atoms with Crippen molar-refractivity contribution in [3.05, 3.63) is 77.3 Å². The summed E-state index contributed by atoms with van der Waals surface area (Å²) in [5.74, 6) is 0.365. The Morgan fingerprint density at radius 1 is 1.10 bits per heavy atom. The summed E-state index contributed by atoms with van der Waals surface area (Å²) in [6.45, 7) is 3.98. The van der Waals surface area contributed by atoms with Gasteiger partial charge in [-0.25, -0.2) is 0 Å². The third kappa shape index (κ3) is 4.15. The Kier molecular flexibility index (Phi) is 5.43. The zero-order valence-corrected chi connectivity index (χ0v) is 16.9. The minimum absolute atomic E-state index is 0.152. The lowest BCUT2D eigenvalue weighted by Gasteiger charge is -2.07. The predicted octanol–water partition coefficient (Wildman–Crippen LogP) is 4.15. The quantitative estimate of drug-likeness (QED) is 0.501. The highest BCUT2D eigenvalue weighted by Crippen LogP contribution is 2.27. The van der Waals surface area contributed by atoms with Crippen LogP contribution >= 0.6 is 0 Å². The topological polar surface area (TPSA) is 90.0 Å².